The number of hydrogen-bond donors (Lipinski definition) is 0. The fourth-order valence-electron chi connectivity index (χ4n) is 6.02. The number of rotatable bonds is 8. The molecule has 3 aromatic rings. The highest BCUT2D eigenvalue weighted by Gasteiger charge is 2.59. The van der Waals surface area contributed by atoms with Crippen molar-refractivity contribution in [2.75, 3.05) is 13.7 Å². The van der Waals surface area contributed by atoms with Crippen LogP contribution >= 0.6 is 23.2 Å². The van der Waals surface area contributed by atoms with Crippen molar-refractivity contribution >= 4 is 46.0 Å². The number of carbonyl (C=O) groups excluding carboxylic acids is 2. The topological polar surface area (TPSA) is 75.4 Å². The lowest BCUT2D eigenvalue weighted by Crippen LogP contribution is -2.60. The van der Waals surface area contributed by atoms with E-state index in [9.17, 15) is 9.59 Å². The van der Waals surface area contributed by atoms with E-state index in [2.05, 4.69) is 4.68 Å². The molecule has 2 bridgehead atoms. The Morgan fingerprint density at radius 3 is 2.51 bits per heavy atom. The van der Waals surface area contributed by atoms with E-state index in [0.29, 0.717) is 29.4 Å². The van der Waals surface area contributed by atoms with Gasteiger partial charge in [0.15, 0.2) is 0 Å². The molecule has 0 amide bonds. The molecule has 6 rings (SSSR count). The van der Waals surface area contributed by atoms with E-state index in [1.807, 2.05) is 30.7 Å². The molecule has 3 aliphatic carbocycles. The number of halogens is 2. The van der Waals surface area contributed by atoms with Crippen LogP contribution in [-0.2, 0) is 39.2 Å². The number of carbonyl (C=O) groups is 2. The first-order chi connectivity index (χ1) is 16.7. The maximum atomic E-state index is 12.9. The first-order valence-electron chi connectivity index (χ1n) is 11.9. The van der Waals surface area contributed by atoms with Crippen molar-refractivity contribution in [3.63, 3.8) is 0 Å². The number of ether oxygens (including phenoxy) is 2. The summed E-state index contributed by atoms with van der Waals surface area (Å²) >= 11 is 13.4. The Morgan fingerprint density at radius 2 is 1.94 bits per heavy atom. The largest absolute Gasteiger partial charge is 0.466 e. The maximum Gasteiger partial charge on any atom is 0.354 e. The third-order valence-corrected chi connectivity index (χ3v) is 8.22. The molecule has 0 unspecified atom stereocenters. The lowest BCUT2D eigenvalue weighted by molar-refractivity contribution is -0.141. The van der Waals surface area contributed by atoms with E-state index < -0.39 is 5.97 Å². The van der Waals surface area contributed by atoms with Gasteiger partial charge >= 0.3 is 11.9 Å². The summed E-state index contributed by atoms with van der Waals surface area (Å²) in [5.41, 5.74) is 5.84. The van der Waals surface area contributed by atoms with Crippen LogP contribution in [0.2, 0.25) is 5.02 Å². The first kappa shape index (κ1) is 24.2. The summed E-state index contributed by atoms with van der Waals surface area (Å²) in [6.07, 6.45) is 4.57. The van der Waals surface area contributed by atoms with Gasteiger partial charge in [-0.25, -0.2) is 4.79 Å². The third kappa shape index (κ3) is 3.66. The molecule has 7 nitrogen and oxygen atoms in total. The number of esters is 2. The lowest BCUT2D eigenvalue weighted by atomic mass is 9.50. The predicted molar refractivity (Wildman–Crippen MR) is 135 cm³/mol. The molecule has 3 saturated carbocycles. The molecule has 0 spiro atoms. The van der Waals surface area contributed by atoms with Crippen LogP contribution in [0.5, 0.6) is 0 Å². The molecule has 9 heteroatoms. The summed E-state index contributed by atoms with van der Waals surface area (Å²) in [4.78, 5) is 24.1. The minimum atomic E-state index is -0.424. The van der Waals surface area contributed by atoms with E-state index >= 15 is 0 Å². The summed E-state index contributed by atoms with van der Waals surface area (Å²) in [7, 11) is 3.23. The number of methoxy groups -OCH3 is 1. The molecule has 0 N–H and O–H groups in total. The molecular formula is C26H29Cl2N3O4. The molecule has 186 valence electrons. The normalized spacial score (nSPS) is 20.5. The highest BCUT2D eigenvalue weighted by atomic mass is 35.5. The van der Waals surface area contributed by atoms with Crippen molar-refractivity contribution in [3.05, 3.63) is 39.8 Å². The third-order valence-electron chi connectivity index (χ3n) is 7.65. The smallest absolute Gasteiger partial charge is 0.354 e. The second-order valence-electron chi connectivity index (χ2n) is 9.80. The Bertz CT molecular complexity index is 1340. The summed E-state index contributed by atoms with van der Waals surface area (Å²) in [5, 5.41) is 6.44. The second kappa shape index (κ2) is 8.86. The Morgan fingerprint density at radius 1 is 1.23 bits per heavy atom. The van der Waals surface area contributed by atoms with Crippen LogP contribution in [0.1, 0.15) is 60.0 Å². The zero-order valence-electron chi connectivity index (χ0n) is 20.4. The molecule has 35 heavy (non-hydrogen) atoms. The summed E-state index contributed by atoms with van der Waals surface area (Å²) in [6, 6.07) is 3.81. The van der Waals surface area contributed by atoms with Gasteiger partial charge in [-0.05, 0) is 56.6 Å². The molecule has 1 aromatic carbocycles. The van der Waals surface area contributed by atoms with Crippen LogP contribution < -0.4 is 0 Å². The van der Waals surface area contributed by atoms with Gasteiger partial charge in [0.1, 0.15) is 5.69 Å². The van der Waals surface area contributed by atoms with Crippen LogP contribution in [0.4, 0.5) is 0 Å². The summed E-state index contributed by atoms with van der Waals surface area (Å²) < 4.78 is 14.3. The molecule has 2 aromatic heterocycles. The highest BCUT2D eigenvalue weighted by molar-refractivity contribution is 6.35. The molecular weight excluding hydrogens is 489 g/mol. The van der Waals surface area contributed by atoms with Gasteiger partial charge in [-0.3, -0.25) is 9.48 Å². The quantitative estimate of drug-likeness (QED) is 0.223. The molecule has 3 fully saturated rings. The van der Waals surface area contributed by atoms with Crippen LogP contribution in [0.25, 0.3) is 22.0 Å². The fraction of sp³-hybridized carbons (Fsp3) is 0.500. The van der Waals surface area contributed by atoms with Crippen LogP contribution in [0.15, 0.2) is 12.1 Å². The molecule has 0 saturated heterocycles. The van der Waals surface area contributed by atoms with Gasteiger partial charge in [-0.1, -0.05) is 17.7 Å². The van der Waals surface area contributed by atoms with Gasteiger partial charge in [0.2, 0.25) is 0 Å². The van der Waals surface area contributed by atoms with Crippen LogP contribution in [0, 0.1) is 12.8 Å². The Labute approximate surface area is 214 Å². The van der Waals surface area contributed by atoms with E-state index in [1.165, 1.54) is 14.0 Å². The Hall–Kier alpha value is -2.51. The van der Waals surface area contributed by atoms with Gasteiger partial charge in [0, 0.05) is 30.5 Å². The van der Waals surface area contributed by atoms with Crippen molar-refractivity contribution in [1.29, 1.82) is 0 Å². The minimum absolute atomic E-state index is 0.0888. The molecule has 2 heterocycles. The zero-order chi connectivity index (χ0) is 25.1. The second-order valence-corrected chi connectivity index (χ2v) is 10.5. The molecule has 0 atom stereocenters. The van der Waals surface area contributed by atoms with Gasteiger partial charge in [0.25, 0.3) is 0 Å². The number of fused-ring (bicyclic) bond motifs is 1. The standard InChI is InChI=1S/C26H29Cl2N3O4/c1-14-21(20(13-27)31(29-14)26-10-16(11-26)12-26)22-19(28)8-7-18-17(6-5-9-35-15(2)32)24(25(33)34-4)30(3)23(18)22/h7-8,16H,5-6,9-13H2,1-4H3. The van der Waals surface area contributed by atoms with E-state index in [0.717, 1.165) is 64.2 Å². The van der Waals surface area contributed by atoms with Crippen molar-refractivity contribution in [2.45, 2.75) is 57.4 Å². The lowest BCUT2D eigenvalue weighted by Gasteiger charge is -2.61. The Balaban J connectivity index is 1.70. The van der Waals surface area contributed by atoms with E-state index in [1.54, 1.807) is 0 Å². The van der Waals surface area contributed by atoms with Crippen LogP contribution in [-0.4, -0.2) is 40.0 Å². The van der Waals surface area contributed by atoms with Gasteiger partial charge in [-0.2, -0.15) is 5.10 Å². The van der Waals surface area contributed by atoms with Gasteiger partial charge in [-0.15, -0.1) is 11.6 Å². The summed E-state index contributed by atoms with van der Waals surface area (Å²) in [5.74, 6) is 0.379. The van der Waals surface area contributed by atoms with E-state index in [4.69, 9.17) is 37.8 Å². The average Bonchev–Trinajstić information content (AvgIpc) is 3.22. The van der Waals surface area contributed by atoms with Crippen molar-refractivity contribution in [3.8, 4) is 11.1 Å². The average molecular weight is 518 g/mol. The fourth-order valence-corrected chi connectivity index (χ4v) is 6.51. The number of aryl methyl sites for hydroxylation is 3. The number of alkyl halides is 1. The molecule has 0 aliphatic heterocycles. The minimum Gasteiger partial charge on any atom is -0.466 e. The predicted octanol–water partition coefficient (Wildman–Crippen LogP) is 5.53. The number of hydrogen-bond acceptors (Lipinski definition) is 5. The molecule has 3 aliphatic rings. The SMILES string of the molecule is COC(=O)c1c(CCCOC(C)=O)c2ccc(Cl)c(-c3c(C)nn(C45CC(C4)C5)c3CCl)c2n1C. The maximum absolute atomic E-state index is 12.9. The molecule has 0 radical (unpaired) electrons. The first-order valence-corrected chi connectivity index (χ1v) is 12.8. The number of aromatic nitrogens is 3. The number of benzene rings is 1. The van der Waals surface area contributed by atoms with Crippen molar-refractivity contribution in [2.24, 2.45) is 13.0 Å². The van der Waals surface area contributed by atoms with Gasteiger partial charge in [0.05, 0.1) is 47.1 Å². The highest BCUT2D eigenvalue weighted by Crippen LogP contribution is 2.63. The Kier molecular flexibility index (Phi) is 6.12. The van der Waals surface area contributed by atoms with Crippen LogP contribution in [0.3, 0.4) is 0 Å². The van der Waals surface area contributed by atoms with Crippen molar-refractivity contribution in [1.82, 2.24) is 14.3 Å². The summed E-state index contributed by atoms with van der Waals surface area (Å²) in [6.45, 7) is 3.65. The monoisotopic (exact) mass is 517 g/mol. The zero-order valence-corrected chi connectivity index (χ0v) is 21.9. The van der Waals surface area contributed by atoms with Gasteiger partial charge < -0.3 is 14.0 Å². The van der Waals surface area contributed by atoms with E-state index in [-0.39, 0.29) is 18.1 Å². The number of nitrogens with zero attached hydrogens (tertiary/aromatic N) is 3. The van der Waals surface area contributed by atoms with Crippen molar-refractivity contribution < 1.29 is 19.1 Å².